The first-order valence-electron chi connectivity index (χ1n) is 10.4. The number of amides is 1. The van der Waals surface area contributed by atoms with E-state index in [0.29, 0.717) is 11.7 Å². The summed E-state index contributed by atoms with van der Waals surface area (Å²) in [6.07, 6.45) is 2.19. The Balaban J connectivity index is 1.65. The third kappa shape index (κ3) is 4.03. The predicted octanol–water partition coefficient (Wildman–Crippen LogP) is 4.37. The van der Waals surface area contributed by atoms with Crippen molar-refractivity contribution < 1.29 is 9.53 Å². The molecule has 4 rings (SSSR count). The number of benzene rings is 1. The van der Waals surface area contributed by atoms with Crippen LogP contribution in [0.2, 0.25) is 0 Å². The molecule has 2 aromatic heterocycles. The number of methoxy groups -OCH3 is 1. The van der Waals surface area contributed by atoms with Crippen molar-refractivity contribution in [2.45, 2.75) is 38.6 Å². The molecule has 30 heavy (non-hydrogen) atoms. The van der Waals surface area contributed by atoms with E-state index in [1.165, 1.54) is 11.8 Å². The highest BCUT2D eigenvalue weighted by molar-refractivity contribution is 7.99. The fourth-order valence-corrected chi connectivity index (χ4v) is 4.92. The maximum absolute atomic E-state index is 12.7. The largest absolute Gasteiger partial charge is 0.496 e. The van der Waals surface area contributed by atoms with Gasteiger partial charge in [-0.15, -0.1) is 0 Å². The summed E-state index contributed by atoms with van der Waals surface area (Å²) in [5.41, 5.74) is 4.52. The van der Waals surface area contributed by atoms with Gasteiger partial charge in [0.05, 0.1) is 24.1 Å². The van der Waals surface area contributed by atoms with Crippen molar-refractivity contribution in [2.24, 2.45) is 5.92 Å². The second-order valence-corrected chi connectivity index (χ2v) is 8.98. The lowest BCUT2D eigenvalue weighted by Crippen LogP contribution is -2.38. The number of hydrogen-bond acceptors (Lipinski definition) is 5. The first-order chi connectivity index (χ1) is 14.5. The zero-order chi connectivity index (χ0) is 21.3. The molecule has 0 aliphatic carbocycles. The Bertz CT molecular complexity index is 1070. The minimum absolute atomic E-state index is 0.198. The summed E-state index contributed by atoms with van der Waals surface area (Å²) in [4.78, 5) is 19.5. The Kier molecular flexibility index (Phi) is 5.99. The van der Waals surface area contributed by atoms with Crippen LogP contribution in [-0.2, 0) is 4.79 Å². The fourth-order valence-electron chi connectivity index (χ4n) is 3.97. The summed E-state index contributed by atoms with van der Waals surface area (Å²) in [5.74, 6) is 2.12. The smallest absolute Gasteiger partial charge is 0.232 e. The van der Waals surface area contributed by atoms with Crippen LogP contribution < -0.4 is 4.74 Å². The summed E-state index contributed by atoms with van der Waals surface area (Å²) in [7, 11) is 1.67. The van der Waals surface area contributed by atoms with Crippen LogP contribution in [0.1, 0.15) is 31.2 Å². The number of carbonyl (C=O) groups excluding carboxylic acids is 1. The highest BCUT2D eigenvalue weighted by Gasteiger charge is 2.22. The van der Waals surface area contributed by atoms with Crippen LogP contribution in [0.15, 0.2) is 35.4 Å². The van der Waals surface area contributed by atoms with Gasteiger partial charge in [0, 0.05) is 24.3 Å². The van der Waals surface area contributed by atoms with E-state index in [-0.39, 0.29) is 5.91 Å². The average Bonchev–Trinajstić information content (AvgIpc) is 3.07. The highest BCUT2D eigenvalue weighted by Crippen LogP contribution is 2.36. The van der Waals surface area contributed by atoms with Gasteiger partial charge in [0.2, 0.25) is 5.91 Å². The Morgan fingerprint density at radius 1 is 1.23 bits per heavy atom. The fraction of sp³-hybridized carbons (Fsp3) is 0.435. The van der Waals surface area contributed by atoms with Crippen LogP contribution in [-0.4, -0.2) is 51.4 Å². The first kappa shape index (κ1) is 20.7. The number of aryl methyl sites for hydroxylation is 2. The number of piperidine rings is 1. The van der Waals surface area contributed by atoms with E-state index in [1.807, 2.05) is 53.6 Å². The minimum Gasteiger partial charge on any atom is -0.496 e. The van der Waals surface area contributed by atoms with Crippen molar-refractivity contribution in [1.82, 2.24) is 19.5 Å². The number of ether oxygens (including phenoxy) is 1. The number of carbonyl (C=O) groups is 1. The van der Waals surface area contributed by atoms with E-state index in [9.17, 15) is 4.79 Å². The van der Waals surface area contributed by atoms with Crippen molar-refractivity contribution >= 4 is 23.3 Å². The summed E-state index contributed by atoms with van der Waals surface area (Å²) < 4.78 is 7.43. The van der Waals surface area contributed by atoms with Gasteiger partial charge < -0.3 is 9.64 Å². The molecule has 0 saturated carbocycles. The molecular formula is C23H28N4O2S. The van der Waals surface area contributed by atoms with Crippen molar-refractivity contribution in [1.29, 1.82) is 0 Å². The molecule has 1 aromatic carbocycles. The topological polar surface area (TPSA) is 59.7 Å². The summed E-state index contributed by atoms with van der Waals surface area (Å²) in [5, 5.41) is 5.69. The van der Waals surface area contributed by atoms with Gasteiger partial charge in [0.25, 0.3) is 0 Å². The van der Waals surface area contributed by atoms with E-state index < -0.39 is 0 Å². The zero-order valence-electron chi connectivity index (χ0n) is 18.0. The zero-order valence-corrected chi connectivity index (χ0v) is 18.8. The van der Waals surface area contributed by atoms with E-state index >= 15 is 0 Å². The van der Waals surface area contributed by atoms with Gasteiger partial charge >= 0.3 is 0 Å². The standard InChI is InChI=1S/C23H28N4O2S/c1-15-9-11-26(12-10-15)20(28)14-30-21-13-16(2)24-23-22(17(3)25-27(21)23)18-7-5-6-8-19(18)29-4/h5-8,13,15H,9-12,14H2,1-4H3. The first-order valence-corrected chi connectivity index (χ1v) is 11.4. The number of thioether (sulfide) groups is 1. The third-order valence-electron chi connectivity index (χ3n) is 5.72. The van der Waals surface area contributed by atoms with Crippen LogP contribution in [0, 0.1) is 19.8 Å². The lowest BCUT2D eigenvalue weighted by atomic mass is 9.99. The molecule has 0 spiro atoms. The number of rotatable bonds is 5. The number of nitrogens with zero attached hydrogens (tertiary/aromatic N) is 4. The van der Waals surface area contributed by atoms with Crippen LogP contribution in [0.5, 0.6) is 5.75 Å². The molecule has 0 atom stereocenters. The highest BCUT2D eigenvalue weighted by atomic mass is 32.2. The molecule has 3 heterocycles. The minimum atomic E-state index is 0.198. The van der Waals surface area contributed by atoms with Gasteiger partial charge in [-0.25, -0.2) is 9.50 Å². The number of hydrogen-bond donors (Lipinski definition) is 0. The van der Waals surface area contributed by atoms with E-state index in [0.717, 1.165) is 64.9 Å². The Labute approximate surface area is 181 Å². The maximum Gasteiger partial charge on any atom is 0.232 e. The number of fused-ring (bicyclic) bond motifs is 1. The quantitative estimate of drug-likeness (QED) is 0.450. The van der Waals surface area contributed by atoms with Gasteiger partial charge in [-0.2, -0.15) is 5.10 Å². The molecule has 1 saturated heterocycles. The van der Waals surface area contributed by atoms with Crippen molar-refractivity contribution in [3.05, 3.63) is 41.7 Å². The Morgan fingerprint density at radius 2 is 1.97 bits per heavy atom. The molecular weight excluding hydrogens is 396 g/mol. The Morgan fingerprint density at radius 3 is 2.70 bits per heavy atom. The van der Waals surface area contributed by atoms with E-state index in [4.69, 9.17) is 14.8 Å². The monoisotopic (exact) mass is 424 g/mol. The average molecular weight is 425 g/mol. The molecule has 3 aromatic rings. The van der Waals surface area contributed by atoms with E-state index in [2.05, 4.69) is 6.92 Å². The van der Waals surface area contributed by atoms with Crippen molar-refractivity contribution in [2.75, 3.05) is 26.0 Å². The number of likely N-dealkylation sites (tertiary alicyclic amines) is 1. The van der Waals surface area contributed by atoms with Crippen LogP contribution in [0.4, 0.5) is 0 Å². The molecule has 0 bridgehead atoms. The molecule has 1 aliphatic rings. The molecule has 1 amide bonds. The molecule has 7 heteroatoms. The van der Waals surface area contributed by atoms with Crippen LogP contribution >= 0.6 is 11.8 Å². The molecule has 158 valence electrons. The lowest BCUT2D eigenvalue weighted by molar-refractivity contribution is -0.129. The summed E-state index contributed by atoms with van der Waals surface area (Å²) in [6.45, 7) is 7.95. The summed E-state index contributed by atoms with van der Waals surface area (Å²) >= 11 is 1.53. The van der Waals surface area contributed by atoms with Gasteiger partial charge in [-0.1, -0.05) is 36.9 Å². The van der Waals surface area contributed by atoms with Gasteiger partial charge in [0.1, 0.15) is 10.8 Å². The molecule has 0 radical (unpaired) electrons. The van der Waals surface area contributed by atoms with Crippen molar-refractivity contribution in [3.8, 4) is 16.9 Å². The normalized spacial score (nSPS) is 15.0. The van der Waals surface area contributed by atoms with Crippen LogP contribution in [0.3, 0.4) is 0 Å². The molecule has 0 N–H and O–H groups in total. The molecule has 6 nitrogen and oxygen atoms in total. The SMILES string of the molecule is COc1ccccc1-c1c(C)nn2c(SCC(=O)N3CCC(C)CC3)cc(C)nc12. The maximum atomic E-state index is 12.7. The second-order valence-electron chi connectivity index (χ2n) is 7.98. The number of para-hydroxylation sites is 1. The number of aromatic nitrogens is 3. The molecule has 1 aliphatic heterocycles. The van der Waals surface area contributed by atoms with Gasteiger partial charge in [-0.05, 0) is 44.7 Å². The molecule has 1 fully saturated rings. The van der Waals surface area contributed by atoms with Gasteiger partial charge in [0.15, 0.2) is 5.65 Å². The van der Waals surface area contributed by atoms with E-state index in [1.54, 1.807) is 7.11 Å². The Hall–Kier alpha value is -2.54. The van der Waals surface area contributed by atoms with Crippen LogP contribution in [0.25, 0.3) is 16.8 Å². The third-order valence-corrected chi connectivity index (χ3v) is 6.69. The van der Waals surface area contributed by atoms with Gasteiger partial charge in [-0.3, -0.25) is 4.79 Å². The molecule has 0 unspecified atom stereocenters. The second kappa shape index (κ2) is 8.68. The predicted molar refractivity (Wildman–Crippen MR) is 120 cm³/mol. The summed E-state index contributed by atoms with van der Waals surface area (Å²) in [6, 6.07) is 9.92. The van der Waals surface area contributed by atoms with Crippen molar-refractivity contribution in [3.63, 3.8) is 0 Å². The lowest BCUT2D eigenvalue weighted by Gasteiger charge is -2.30.